The Hall–Kier alpha value is -3.20. The van der Waals surface area contributed by atoms with E-state index in [1.807, 2.05) is 0 Å². The molecule has 1 aromatic carbocycles. The first-order valence-electron chi connectivity index (χ1n) is 8.03. The monoisotopic (exact) mass is 387 g/mol. The van der Waals surface area contributed by atoms with Crippen molar-refractivity contribution in [1.29, 1.82) is 0 Å². The second-order valence-electron chi connectivity index (χ2n) is 6.02. The molecule has 3 rings (SSSR count). The zero-order chi connectivity index (χ0) is 19.7. The summed E-state index contributed by atoms with van der Waals surface area (Å²) in [4.78, 5) is 22.7. The summed E-state index contributed by atoms with van der Waals surface area (Å²) in [5.41, 5.74) is 2.40. The Labute approximate surface area is 160 Å². The van der Waals surface area contributed by atoms with E-state index in [0.717, 1.165) is 5.56 Å². The molecule has 2 N–H and O–H groups in total. The number of methoxy groups -OCH3 is 1. The molecule has 1 aromatic heterocycles. The minimum atomic E-state index is -0.599. The van der Waals surface area contributed by atoms with Crippen molar-refractivity contribution >= 4 is 29.0 Å². The summed E-state index contributed by atoms with van der Waals surface area (Å²) in [5.74, 6) is 0.515. The number of esters is 1. The number of hydrogen-bond donors (Lipinski definition) is 2. The van der Waals surface area contributed by atoms with Crippen LogP contribution in [0.25, 0.3) is 11.3 Å². The maximum Gasteiger partial charge on any atom is 0.338 e. The third-order valence-electron chi connectivity index (χ3n) is 4.27. The Morgan fingerprint density at radius 3 is 2.67 bits per heavy atom. The molecule has 1 aliphatic rings. The van der Waals surface area contributed by atoms with Crippen molar-refractivity contribution in [3.8, 4) is 11.3 Å². The van der Waals surface area contributed by atoms with Gasteiger partial charge >= 0.3 is 5.97 Å². The highest BCUT2D eigenvalue weighted by molar-refractivity contribution is 7.80. The fourth-order valence-corrected chi connectivity index (χ4v) is 3.25. The van der Waals surface area contributed by atoms with Crippen LogP contribution in [0.2, 0.25) is 0 Å². The van der Waals surface area contributed by atoms with Gasteiger partial charge in [-0.1, -0.05) is 0 Å². The summed E-state index contributed by atoms with van der Waals surface area (Å²) in [6.45, 7) is 3.50. The SMILES string of the molecule is COC(=O)C1=C(C)NC(=S)N[C@H]1c1ccc(-c2ccc([N+](=O)[O-])cc2C)o1. The molecule has 0 fully saturated rings. The van der Waals surface area contributed by atoms with Crippen LogP contribution in [-0.4, -0.2) is 23.1 Å². The lowest BCUT2D eigenvalue weighted by Crippen LogP contribution is -2.44. The molecule has 0 aliphatic carbocycles. The molecular weight excluding hydrogens is 370 g/mol. The van der Waals surface area contributed by atoms with E-state index in [2.05, 4.69) is 10.6 Å². The van der Waals surface area contributed by atoms with Gasteiger partial charge in [0.25, 0.3) is 5.69 Å². The molecule has 1 aliphatic heterocycles. The lowest BCUT2D eigenvalue weighted by molar-refractivity contribution is -0.384. The fourth-order valence-electron chi connectivity index (χ4n) is 2.98. The second kappa shape index (κ2) is 7.20. The molecule has 0 radical (unpaired) electrons. The topological polar surface area (TPSA) is 107 Å². The highest BCUT2D eigenvalue weighted by Crippen LogP contribution is 2.33. The second-order valence-corrected chi connectivity index (χ2v) is 6.43. The molecular formula is C18H17N3O5S. The van der Waals surface area contributed by atoms with Gasteiger partial charge in [-0.2, -0.15) is 0 Å². The fraction of sp³-hybridized carbons (Fsp3) is 0.222. The number of carbonyl (C=O) groups is 1. The maximum absolute atomic E-state index is 12.2. The van der Waals surface area contributed by atoms with Crippen LogP contribution in [0.5, 0.6) is 0 Å². The van der Waals surface area contributed by atoms with Crippen LogP contribution in [0.15, 0.2) is 46.0 Å². The quantitative estimate of drug-likeness (QED) is 0.357. The number of carbonyl (C=O) groups excluding carboxylic acids is 1. The molecule has 8 nitrogen and oxygen atoms in total. The minimum absolute atomic E-state index is 0.0138. The minimum Gasteiger partial charge on any atom is -0.466 e. The van der Waals surface area contributed by atoms with Gasteiger partial charge in [-0.3, -0.25) is 10.1 Å². The molecule has 9 heteroatoms. The summed E-state index contributed by atoms with van der Waals surface area (Å²) in [5, 5.41) is 17.2. The van der Waals surface area contributed by atoms with Crippen molar-refractivity contribution in [1.82, 2.24) is 10.6 Å². The molecule has 27 heavy (non-hydrogen) atoms. The number of nitro groups is 1. The average Bonchev–Trinajstić information content (AvgIpc) is 3.10. The van der Waals surface area contributed by atoms with Gasteiger partial charge in [0.05, 0.1) is 17.6 Å². The zero-order valence-electron chi connectivity index (χ0n) is 14.9. The van der Waals surface area contributed by atoms with Gasteiger partial charge in [0, 0.05) is 23.4 Å². The van der Waals surface area contributed by atoms with Crippen LogP contribution in [0.4, 0.5) is 5.69 Å². The van der Waals surface area contributed by atoms with E-state index in [1.165, 1.54) is 19.2 Å². The van der Waals surface area contributed by atoms with Gasteiger partial charge in [-0.05, 0) is 49.8 Å². The number of nitro benzene ring substituents is 1. The normalized spacial score (nSPS) is 16.6. The Morgan fingerprint density at radius 2 is 2.04 bits per heavy atom. The number of allylic oxidation sites excluding steroid dienone is 1. The summed E-state index contributed by atoms with van der Waals surface area (Å²) in [7, 11) is 1.31. The van der Waals surface area contributed by atoms with Crippen LogP contribution in [0, 0.1) is 17.0 Å². The van der Waals surface area contributed by atoms with Crippen molar-refractivity contribution in [2.75, 3.05) is 7.11 Å². The van der Waals surface area contributed by atoms with Crippen molar-refractivity contribution in [3.63, 3.8) is 0 Å². The number of non-ortho nitro benzene ring substituents is 1. The molecule has 0 unspecified atom stereocenters. The van der Waals surface area contributed by atoms with E-state index < -0.39 is 16.9 Å². The van der Waals surface area contributed by atoms with Gasteiger partial charge in [0.15, 0.2) is 5.11 Å². The Balaban J connectivity index is 2.00. The predicted octanol–water partition coefficient (Wildman–Crippen LogP) is 3.13. The van der Waals surface area contributed by atoms with E-state index in [-0.39, 0.29) is 5.69 Å². The van der Waals surface area contributed by atoms with Crippen molar-refractivity contribution in [3.05, 3.63) is 63.0 Å². The molecule has 0 bridgehead atoms. The first kappa shape index (κ1) is 18.6. The molecule has 1 atom stereocenters. The Kier molecular flexibility index (Phi) is 4.95. The number of nitrogens with one attached hydrogen (secondary N) is 2. The smallest absolute Gasteiger partial charge is 0.338 e. The number of rotatable bonds is 4. The number of furan rings is 1. The maximum atomic E-state index is 12.2. The average molecular weight is 387 g/mol. The standard InChI is InChI=1S/C18H17N3O5S/c1-9-8-11(21(23)24)4-5-12(9)13-6-7-14(26-13)16-15(17(22)25-3)10(2)19-18(27)20-16/h4-8,16H,1-3H3,(H2,19,20,27)/t16-/m0/s1. The zero-order valence-corrected chi connectivity index (χ0v) is 15.7. The third kappa shape index (κ3) is 3.54. The molecule has 140 valence electrons. The number of thiocarbonyl (C=S) groups is 1. The van der Waals surface area contributed by atoms with Gasteiger partial charge in [-0.25, -0.2) is 4.79 Å². The van der Waals surface area contributed by atoms with E-state index in [0.29, 0.717) is 33.5 Å². The molecule has 0 saturated carbocycles. The van der Waals surface area contributed by atoms with E-state index >= 15 is 0 Å². The number of aryl methyl sites for hydroxylation is 1. The van der Waals surface area contributed by atoms with Crippen molar-refractivity contribution < 1.29 is 18.9 Å². The number of benzene rings is 1. The molecule has 0 amide bonds. The molecule has 2 aromatic rings. The van der Waals surface area contributed by atoms with Gasteiger partial charge in [0.1, 0.15) is 17.6 Å². The Bertz CT molecular complexity index is 979. The van der Waals surface area contributed by atoms with Crippen LogP contribution < -0.4 is 10.6 Å². The first-order valence-corrected chi connectivity index (χ1v) is 8.44. The van der Waals surface area contributed by atoms with Crippen LogP contribution >= 0.6 is 12.2 Å². The summed E-state index contributed by atoms with van der Waals surface area (Å²) < 4.78 is 10.8. The third-order valence-corrected chi connectivity index (χ3v) is 4.49. The number of nitrogens with zero attached hydrogens (tertiary/aromatic N) is 1. The predicted molar refractivity (Wildman–Crippen MR) is 102 cm³/mol. The summed E-state index contributed by atoms with van der Waals surface area (Å²) in [6.07, 6.45) is 0. The Morgan fingerprint density at radius 1 is 1.30 bits per heavy atom. The van der Waals surface area contributed by atoms with E-state index in [4.69, 9.17) is 21.4 Å². The lowest BCUT2D eigenvalue weighted by Gasteiger charge is -2.27. The van der Waals surface area contributed by atoms with Crippen LogP contribution in [-0.2, 0) is 9.53 Å². The van der Waals surface area contributed by atoms with Gasteiger partial charge < -0.3 is 19.8 Å². The van der Waals surface area contributed by atoms with Gasteiger partial charge in [0.2, 0.25) is 0 Å². The highest BCUT2D eigenvalue weighted by Gasteiger charge is 2.32. The lowest BCUT2D eigenvalue weighted by atomic mass is 10.0. The molecule has 0 spiro atoms. The van der Waals surface area contributed by atoms with Gasteiger partial charge in [-0.15, -0.1) is 0 Å². The summed E-state index contributed by atoms with van der Waals surface area (Å²) in [6, 6.07) is 7.43. The van der Waals surface area contributed by atoms with Crippen LogP contribution in [0.1, 0.15) is 24.3 Å². The summed E-state index contributed by atoms with van der Waals surface area (Å²) >= 11 is 5.18. The highest BCUT2D eigenvalue weighted by atomic mass is 32.1. The first-order chi connectivity index (χ1) is 12.8. The van der Waals surface area contributed by atoms with Crippen LogP contribution in [0.3, 0.4) is 0 Å². The van der Waals surface area contributed by atoms with E-state index in [1.54, 1.807) is 32.0 Å². The van der Waals surface area contributed by atoms with E-state index in [9.17, 15) is 14.9 Å². The number of hydrogen-bond acceptors (Lipinski definition) is 6. The molecule has 0 saturated heterocycles. The van der Waals surface area contributed by atoms with Crippen molar-refractivity contribution in [2.45, 2.75) is 19.9 Å². The number of ether oxygens (including phenoxy) is 1. The molecule has 2 heterocycles. The largest absolute Gasteiger partial charge is 0.466 e. The van der Waals surface area contributed by atoms with Crippen molar-refractivity contribution in [2.24, 2.45) is 0 Å².